The number of nitrogens with two attached hydrogens (primary N) is 1. The van der Waals surface area contributed by atoms with Crippen molar-refractivity contribution < 1.29 is 4.74 Å². The molecule has 0 aliphatic rings. The van der Waals surface area contributed by atoms with Gasteiger partial charge in [-0.15, -0.1) is 0 Å². The number of nitrogen functional groups attached to an aromatic ring is 1. The smallest absolute Gasteiger partial charge is 0.126 e. The van der Waals surface area contributed by atoms with Crippen molar-refractivity contribution in [2.24, 2.45) is 0 Å². The Kier molecular flexibility index (Phi) is 4.37. The van der Waals surface area contributed by atoms with Crippen LogP contribution in [-0.2, 0) is 4.74 Å². The summed E-state index contributed by atoms with van der Waals surface area (Å²) in [6.45, 7) is 7.47. The molecule has 3 N–H and O–H groups in total. The van der Waals surface area contributed by atoms with Gasteiger partial charge in [0.1, 0.15) is 5.82 Å². The summed E-state index contributed by atoms with van der Waals surface area (Å²) < 4.78 is 5.40. The largest absolute Gasteiger partial charge is 0.397 e. The Labute approximate surface area is 90.8 Å². The first-order valence-corrected chi connectivity index (χ1v) is 5.21. The van der Waals surface area contributed by atoms with E-state index in [9.17, 15) is 0 Å². The Bertz CT molecular complexity index is 315. The average Bonchev–Trinajstić information content (AvgIpc) is 2.20. The maximum atomic E-state index is 5.68. The Morgan fingerprint density at radius 1 is 1.60 bits per heavy atom. The summed E-state index contributed by atoms with van der Waals surface area (Å²) in [5.74, 6) is 0.841. The molecule has 1 atom stereocenters. The highest BCUT2D eigenvalue weighted by Gasteiger charge is 2.02. The maximum absolute atomic E-state index is 5.68. The quantitative estimate of drug-likeness (QED) is 0.776. The Hall–Kier alpha value is -1.29. The Morgan fingerprint density at radius 2 is 2.33 bits per heavy atom. The minimum Gasteiger partial charge on any atom is -0.397 e. The van der Waals surface area contributed by atoms with Crippen molar-refractivity contribution in [3.05, 3.63) is 17.8 Å². The number of aromatic nitrogens is 1. The lowest BCUT2D eigenvalue weighted by Crippen LogP contribution is -2.20. The van der Waals surface area contributed by atoms with Crippen molar-refractivity contribution in [3.63, 3.8) is 0 Å². The van der Waals surface area contributed by atoms with Crippen LogP contribution in [0, 0.1) is 6.92 Å². The lowest BCUT2D eigenvalue weighted by molar-refractivity contribution is 0.0855. The van der Waals surface area contributed by atoms with Gasteiger partial charge in [-0.05, 0) is 32.4 Å². The molecule has 1 heterocycles. The van der Waals surface area contributed by atoms with Gasteiger partial charge in [0.05, 0.1) is 18.0 Å². The molecule has 4 nitrogen and oxygen atoms in total. The van der Waals surface area contributed by atoms with Gasteiger partial charge in [0.15, 0.2) is 0 Å². The van der Waals surface area contributed by atoms with E-state index >= 15 is 0 Å². The molecule has 0 aliphatic heterocycles. The van der Waals surface area contributed by atoms with Crippen molar-refractivity contribution in [1.29, 1.82) is 0 Å². The van der Waals surface area contributed by atoms with E-state index in [0.717, 1.165) is 30.2 Å². The first-order chi connectivity index (χ1) is 7.13. The van der Waals surface area contributed by atoms with E-state index in [0.29, 0.717) is 0 Å². The molecule has 1 unspecified atom stereocenters. The van der Waals surface area contributed by atoms with E-state index < -0.39 is 0 Å². The third-order valence-corrected chi connectivity index (χ3v) is 2.17. The molecule has 0 spiro atoms. The van der Waals surface area contributed by atoms with Crippen molar-refractivity contribution in [3.8, 4) is 0 Å². The van der Waals surface area contributed by atoms with Gasteiger partial charge in [-0.3, -0.25) is 0 Å². The molecule has 0 aromatic carbocycles. The Morgan fingerprint density at radius 3 is 2.93 bits per heavy atom. The van der Waals surface area contributed by atoms with Gasteiger partial charge >= 0.3 is 0 Å². The first-order valence-electron chi connectivity index (χ1n) is 5.21. The lowest BCUT2D eigenvalue weighted by atomic mass is 10.2. The highest BCUT2D eigenvalue weighted by molar-refractivity contribution is 5.50. The molecule has 84 valence electrons. The number of pyridine rings is 1. The molecule has 1 rings (SSSR count). The predicted octanol–water partition coefficient (Wildman–Crippen LogP) is 1.81. The van der Waals surface area contributed by atoms with Crippen molar-refractivity contribution in [1.82, 2.24) is 4.98 Å². The van der Waals surface area contributed by atoms with Crippen LogP contribution in [0.2, 0.25) is 0 Å². The average molecular weight is 209 g/mol. The summed E-state index contributed by atoms with van der Waals surface area (Å²) in [6.07, 6.45) is 1.86. The van der Waals surface area contributed by atoms with E-state index in [-0.39, 0.29) is 6.10 Å². The molecule has 15 heavy (non-hydrogen) atoms. The number of nitrogens with one attached hydrogen (secondary N) is 1. The summed E-state index contributed by atoms with van der Waals surface area (Å²) in [5, 5.41) is 3.21. The number of rotatable bonds is 5. The topological polar surface area (TPSA) is 60.2 Å². The van der Waals surface area contributed by atoms with Crippen LogP contribution in [0.3, 0.4) is 0 Å². The minimum absolute atomic E-state index is 0.189. The zero-order valence-electron chi connectivity index (χ0n) is 9.58. The zero-order chi connectivity index (χ0) is 11.3. The van der Waals surface area contributed by atoms with E-state index in [1.54, 1.807) is 6.20 Å². The highest BCUT2D eigenvalue weighted by atomic mass is 16.5. The molecule has 0 radical (unpaired) electrons. The molecule has 0 aliphatic carbocycles. The van der Waals surface area contributed by atoms with E-state index in [1.807, 2.05) is 26.8 Å². The Balaban J connectivity index is 2.47. The molecule has 0 fully saturated rings. The van der Waals surface area contributed by atoms with Crippen molar-refractivity contribution >= 4 is 11.5 Å². The fraction of sp³-hybridized carbons (Fsp3) is 0.545. The summed E-state index contributed by atoms with van der Waals surface area (Å²) in [4.78, 5) is 4.18. The molecule has 4 heteroatoms. The number of hydrogen-bond donors (Lipinski definition) is 2. The third kappa shape index (κ3) is 3.75. The van der Waals surface area contributed by atoms with Gasteiger partial charge in [-0.1, -0.05) is 0 Å². The third-order valence-electron chi connectivity index (χ3n) is 2.17. The fourth-order valence-corrected chi connectivity index (χ4v) is 1.25. The van der Waals surface area contributed by atoms with E-state index in [2.05, 4.69) is 10.3 Å². The van der Waals surface area contributed by atoms with Crippen LogP contribution in [0.5, 0.6) is 0 Å². The van der Waals surface area contributed by atoms with Crippen LogP contribution < -0.4 is 11.1 Å². The molecular weight excluding hydrogens is 190 g/mol. The van der Waals surface area contributed by atoms with Gasteiger partial charge in [0.25, 0.3) is 0 Å². The van der Waals surface area contributed by atoms with Gasteiger partial charge in [-0.2, -0.15) is 0 Å². The van der Waals surface area contributed by atoms with Gasteiger partial charge in [0, 0.05) is 13.2 Å². The highest BCUT2D eigenvalue weighted by Crippen LogP contribution is 2.12. The van der Waals surface area contributed by atoms with Crippen LogP contribution in [0.1, 0.15) is 19.4 Å². The normalized spacial score (nSPS) is 12.5. The van der Waals surface area contributed by atoms with E-state index in [1.165, 1.54) is 0 Å². The van der Waals surface area contributed by atoms with E-state index in [4.69, 9.17) is 10.5 Å². The molecule has 1 aromatic heterocycles. The summed E-state index contributed by atoms with van der Waals surface area (Å²) in [7, 11) is 0. The van der Waals surface area contributed by atoms with Crippen LogP contribution >= 0.6 is 0 Å². The monoisotopic (exact) mass is 209 g/mol. The second-order valence-corrected chi connectivity index (χ2v) is 3.57. The minimum atomic E-state index is 0.189. The van der Waals surface area contributed by atoms with Crippen LogP contribution in [0.4, 0.5) is 11.5 Å². The van der Waals surface area contributed by atoms with Crippen molar-refractivity contribution in [2.75, 3.05) is 24.2 Å². The molecule has 0 bridgehead atoms. The number of hydrogen-bond acceptors (Lipinski definition) is 4. The predicted molar refractivity (Wildman–Crippen MR) is 63.0 cm³/mol. The molecule has 0 saturated carbocycles. The molecule has 0 amide bonds. The second kappa shape index (κ2) is 5.56. The molecule has 1 aromatic rings. The molecular formula is C11H19N3O. The SMILES string of the molecule is CCOC(C)CNc1cc(C)c(N)cn1. The zero-order valence-corrected chi connectivity index (χ0v) is 9.58. The second-order valence-electron chi connectivity index (χ2n) is 3.57. The van der Waals surface area contributed by atoms with Crippen LogP contribution in [0.15, 0.2) is 12.3 Å². The number of anilines is 2. The fourth-order valence-electron chi connectivity index (χ4n) is 1.25. The standard InChI is InChI=1S/C11H19N3O/c1-4-15-9(3)6-13-11-5-8(2)10(12)7-14-11/h5,7,9H,4,6,12H2,1-3H3,(H,13,14). The first kappa shape index (κ1) is 11.8. The summed E-state index contributed by atoms with van der Waals surface area (Å²) in [5.41, 5.74) is 7.44. The van der Waals surface area contributed by atoms with Gasteiger partial charge in [-0.25, -0.2) is 4.98 Å². The maximum Gasteiger partial charge on any atom is 0.126 e. The number of ether oxygens (including phenoxy) is 1. The summed E-state index contributed by atoms with van der Waals surface area (Å²) in [6, 6.07) is 1.94. The number of nitrogens with zero attached hydrogens (tertiary/aromatic N) is 1. The lowest BCUT2D eigenvalue weighted by Gasteiger charge is -2.13. The van der Waals surface area contributed by atoms with Crippen LogP contribution in [0.25, 0.3) is 0 Å². The number of aryl methyl sites for hydroxylation is 1. The van der Waals surface area contributed by atoms with Gasteiger partial charge < -0.3 is 15.8 Å². The molecule has 0 saturated heterocycles. The van der Waals surface area contributed by atoms with Gasteiger partial charge in [0.2, 0.25) is 0 Å². The van der Waals surface area contributed by atoms with Crippen molar-refractivity contribution in [2.45, 2.75) is 26.9 Å². The summed E-state index contributed by atoms with van der Waals surface area (Å²) >= 11 is 0. The van der Waals surface area contributed by atoms with Crippen LogP contribution in [-0.4, -0.2) is 24.2 Å².